The second-order valence-electron chi connectivity index (χ2n) is 9.11. The number of carbonyl (C=O) groups is 1. The molecule has 7 nitrogen and oxygen atoms in total. The van der Waals surface area contributed by atoms with Gasteiger partial charge in [-0.1, -0.05) is 30.3 Å². The minimum atomic E-state index is -5.08. The van der Waals surface area contributed by atoms with E-state index in [1.54, 1.807) is 5.38 Å². The molecule has 212 valence electrons. The summed E-state index contributed by atoms with van der Waals surface area (Å²) >= 11 is 1.12. The molecule has 1 aliphatic rings. The van der Waals surface area contributed by atoms with Crippen molar-refractivity contribution in [2.24, 2.45) is 0 Å². The third-order valence-electron chi connectivity index (χ3n) is 5.84. The highest BCUT2D eigenvalue weighted by Gasteiger charge is 2.39. The van der Waals surface area contributed by atoms with Gasteiger partial charge >= 0.3 is 12.1 Å². The molecule has 4 rings (SSSR count). The Balaban J connectivity index is 0.000000532. The van der Waals surface area contributed by atoms with Crippen LogP contribution in [0.2, 0.25) is 0 Å². The van der Waals surface area contributed by atoms with Crippen LogP contribution in [0.15, 0.2) is 52.9 Å². The Hall–Kier alpha value is -3.10. The molecule has 39 heavy (non-hydrogen) atoms. The molecule has 1 N–H and O–H groups in total. The highest BCUT2D eigenvalue weighted by Crippen LogP contribution is 2.35. The van der Waals surface area contributed by atoms with Gasteiger partial charge in [-0.25, -0.2) is 27.0 Å². The molecule has 2 heterocycles. The zero-order valence-electron chi connectivity index (χ0n) is 20.8. The van der Waals surface area contributed by atoms with Crippen LogP contribution >= 0.6 is 11.3 Å². The van der Waals surface area contributed by atoms with Gasteiger partial charge < -0.3 is 9.84 Å². The number of aliphatic carboxylic acids is 1. The summed E-state index contributed by atoms with van der Waals surface area (Å²) < 4.78 is 93.1. The zero-order chi connectivity index (χ0) is 29.0. The molecule has 0 bridgehead atoms. The number of ether oxygens (including phenoxy) is 1. The van der Waals surface area contributed by atoms with E-state index in [9.17, 15) is 26.0 Å². The van der Waals surface area contributed by atoms with E-state index in [-0.39, 0.29) is 16.3 Å². The minimum absolute atomic E-state index is 0.0214. The van der Waals surface area contributed by atoms with Gasteiger partial charge in [-0.15, -0.1) is 11.3 Å². The summed E-state index contributed by atoms with van der Waals surface area (Å²) in [5.41, 5.74) is 0.520. The van der Waals surface area contributed by atoms with Gasteiger partial charge in [0.25, 0.3) is 0 Å². The first-order chi connectivity index (χ1) is 18.1. The topological polar surface area (TPSA) is 96.8 Å². The number of likely N-dealkylation sites (tertiary alicyclic amines) is 1. The molecule has 1 aromatic heterocycles. The van der Waals surface area contributed by atoms with Gasteiger partial charge in [0.1, 0.15) is 32.8 Å². The lowest BCUT2D eigenvalue weighted by Crippen LogP contribution is -2.36. The van der Waals surface area contributed by atoms with Crippen molar-refractivity contribution in [1.82, 2.24) is 9.88 Å². The fraction of sp³-hybridized carbons (Fsp3) is 0.360. The quantitative estimate of drug-likeness (QED) is 0.368. The van der Waals surface area contributed by atoms with Crippen LogP contribution in [0.3, 0.4) is 0 Å². The van der Waals surface area contributed by atoms with Crippen molar-refractivity contribution in [3.05, 3.63) is 75.7 Å². The zero-order valence-corrected chi connectivity index (χ0v) is 22.5. The fourth-order valence-corrected chi connectivity index (χ4v) is 6.44. The van der Waals surface area contributed by atoms with E-state index in [1.807, 2.05) is 25.1 Å². The normalized spacial score (nSPS) is 17.9. The summed E-state index contributed by atoms with van der Waals surface area (Å²) in [6.45, 7) is 5.45. The number of carboxylic acids is 1. The lowest BCUT2D eigenvalue weighted by Gasteiger charge is -2.28. The predicted octanol–water partition coefficient (Wildman–Crippen LogP) is 5.38. The Kier molecular flexibility index (Phi) is 9.34. The molecule has 0 amide bonds. The molecule has 14 heteroatoms. The molecule has 1 unspecified atom stereocenters. The Morgan fingerprint density at radius 1 is 1.23 bits per heavy atom. The van der Waals surface area contributed by atoms with Crippen molar-refractivity contribution in [2.45, 2.75) is 49.2 Å². The molecule has 0 radical (unpaired) electrons. The first-order valence-corrected chi connectivity index (χ1v) is 14.0. The number of benzene rings is 2. The Morgan fingerprint density at radius 2 is 1.87 bits per heavy atom. The number of rotatable bonds is 7. The second-order valence-corrected chi connectivity index (χ2v) is 12.0. The maximum Gasteiger partial charge on any atom is 0.490 e. The molecule has 0 saturated carbocycles. The molecule has 2 aromatic carbocycles. The summed E-state index contributed by atoms with van der Waals surface area (Å²) in [5, 5.41) is 9.02. The predicted molar refractivity (Wildman–Crippen MR) is 133 cm³/mol. The van der Waals surface area contributed by atoms with Gasteiger partial charge in [-0.05, 0) is 19.4 Å². The highest BCUT2D eigenvalue weighted by molar-refractivity contribution is 7.90. The fourth-order valence-electron chi connectivity index (χ4n) is 3.97. The molecular weight excluding hydrogens is 567 g/mol. The van der Waals surface area contributed by atoms with Gasteiger partial charge in [-0.2, -0.15) is 13.2 Å². The van der Waals surface area contributed by atoms with Crippen molar-refractivity contribution in [2.75, 3.05) is 13.1 Å². The number of thiazole rings is 1. The maximum atomic E-state index is 15.1. The number of sulfone groups is 1. The SMILES string of the molecule is Cc1c(OC2(C)CCN(Cc3ccccc3)C2)cc(F)c(S(=O)(=O)Cc2nccs2)c1F.O=C(O)C(F)(F)F. The Labute approximate surface area is 225 Å². The van der Waals surface area contributed by atoms with Crippen molar-refractivity contribution >= 4 is 27.1 Å². The van der Waals surface area contributed by atoms with Crippen LogP contribution in [0.5, 0.6) is 5.75 Å². The van der Waals surface area contributed by atoms with Crippen LogP contribution in [-0.2, 0) is 26.9 Å². The highest BCUT2D eigenvalue weighted by atomic mass is 32.2. The first kappa shape index (κ1) is 30.4. The van der Waals surface area contributed by atoms with E-state index in [1.165, 1.54) is 18.7 Å². The van der Waals surface area contributed by atoms with E-state index in [2.05, 4.69) is 22.0 Å². The minimum Gasteiger partial charge on any atom is -0.486 e. The van der Waals surface area contributed by atoms with E-state index >= 15 is 4.39 Å². The number of aromatic nitrogens is 1. The lowest BCUT2D eigenvalue weighted by molar-refractivity contribution is -0.192. The third-order valence-corrected chi connectivity index (χ3v) is 8.46. The summed E-state index contributed by atoms with van der Waals surface area (Å²) in [7, 11) is -4.24. The summed E-state index contributed by atoms with van der Waals surface area (Å²) in [6.07, 6.45) is -2.94. The largest absolute Gasteiger partial charge is 0.490 e. The summed E-state index contributed by atoms with van der Waals surface area (Å²) in [5.74, 6) is -5.55. The van der Waals surface area contributed by atoms with Crippen molar-refractivity contribution in [1.29, 1.82) is 0 Å². The lowest BCUT2D eigenvalue weighted by atomic mass is 10.1. The first-order valence-electron chi connectivity index (χ1n) is 11.5. The number of alkyl halides is 3. The number of halogens is 5. The van der Waals surface area contributed by atoms with E-state index in [0.717, 1.165) is 30.5 Å². The molecular formula is C25H25F5N2O5S2. The Morgan fingerprint density at radius 3 is 2.44 bits per heavy atom. The molecule has 0 spiro atoms. The molecule has 1 fully saturated rings. The monoisotopic (exact) mass is 592 g/mol. The summed E-state index contributed by atoms with van der Waals surface area (Å²) in [6, 6.07) is 11.0. The standard InChI is InChI=1S/C23H24F2N2O3S2.C2HF3O2/c1-16-19(30-23(2)8-10-27(15-23)13-17-6-4-3-5-7-17)12-18(24)22(21(16)25)32(28,29)14-20-26-9-11-31-20;3-2(4,5)1(6)7/h3-7,9,11-12H,8,10,13-15H2,1-2H3;(H,6,7). The van der Waals surface area contributed by atoms with Gasteiger partial charge in [-0.3, -0.25) is 4.90 Å². The summed E-state index contributed by atoms with van der Waals surface area (Å²) in [4.78, 5) is 14.1. The number of hydrogen-bond acceptors (Lipinski definition) is 7. The average molecular weight is 593 g/mol. The molecule has 0 aliphatic carbocycles. The second kappa shape index (κ2) is 12.0. The van der Waals surface area contributed by atoms with Crippen LogP contribution in [-0.4, -0.2) is 54.2 Å². The van der Waals surface area contributed by atoms with E-state index in [4.69, 9.17) is 14.6 Å². The van der Waals surface area contributed by atoms with Gasteiger partial charge in [0.2, 0.25) is 0 Å². The smallest absolute Gasteiger partial charge is 0.486 e. The van der Waals surface area contributed by atoms with Gasteiger partial charge in [0.05, 0.1) is 0 Å². The average Bonchev–Trinajstić information content (AvgIpc) is 3.46. The Bertz CT molecular complexity index is 1400. The van der Waals surface area contributed by atoms with E-state index in [0.29, 0.717) is 13.0 Å². The van der Waals surface area contributed by atoms with Crippen LogP contribution in [0, 0.1) is 18.6 Å². The maximum absolute atomic E-state index is 15.1. The molecule has 1 saturated heterocycles. The molecule has 3 aromatic rings. The number of nitrogens with zero attached hydrogens (tertiary/aromatic N) is 2. The number of carboxylic acid groups (broad SMARTS) is 1. The molecule has 1 atom stereocenters. The van der Waals surface area contributed by atoms with Gasteiger partial charge in [0.15, 0.2) is 15.7 Å². The van der Waals surface area contributed by atoms with Crippen LogP contribution in [0.1, 0.15) is 29.5 Å². The van der Waals surface area contributed by atoms with E-state index < -0.39 is 49.9 Å². The number of hydrogen-bond donors (Lipinski definition) is 1. The van der Waals surface area contributed by atoms with Crippen LogP contribution in [0.25, 0.3) is 0 Å². The molecule has 1 aliphatic heterocycles. The van der Waals surface area contributed by atoms with Crippen molar-refractivity contribution in [3.63, 3.8) is 0 Å². The van der Waals surface area contributed by atoms with Crippen LogP contribution in [0.4, 0.5) is 22.0 Å². The van der Waals surface area contributed by atoms with Crippen LogP contribution < -0.4 is 4.74 Å². The van der Waals surface area contributed by atoms with Crippen molar-refractivity contribution in [3.8, 4) is 5.75 Å². The van der Waals surface area contributed by atoms with Crippen molar-refractivity contribution < 1.29 is 45.0 Å². The third kappa shape index (κ3) is 7.96. The van der Waals surface area contributed by atoms with Gasteiger partial charge in [0, 0.05) is 49.3 Å².